The van der Waals surface area contributed by atoms with Crippen LogP contribution in [0.3, 0.4) is 0 Å². The van der Waals surface area contributed by atoms with E-state index in [9.17, 15) is 0 Å². The fraction of sp³-hybridized carbons (Fsp3) is 0.154. The molecule has 1 aromatic carbocycles. The Morgan fingerprint density at radius 3 is 2.72 bits per heavy atom. The molecule has 5 heteroatoms. The predicted molar refractivity (Wildman–Crippen MR) is 66.8 cm³/mol. The van der Waals surface area contributed by atoms with Gasteiger partial charge < -0.3 is 9.47 Å². The second kappa shape index (κ2) is 5.15. The van der Waals surface area contributed by atoms with Crippen molar-refractivity contribution in [2.75, 3.05) is 14.2 Å². The first-order valence-corrected chi connectivity index (χ1v) is 5.21. The van der Waals surface area contributed by atoms with Crippen LogP contribution >= 0.6 is 0 Å². The highest BCUT2D eigenvalue weighted by Gasteiger charge is 2.09. The molecule has 0 atom stereocenters. The van der Waals surface area contributed by atoms with Gasteiger partial charge in [-0.15, -0.1) is 0 Å². The second-order valence-corrected chi connectivity index (χ2v) is 3.43. The molecule has 0 radical (unpaired) electrons. The Bertz CT molecular complexity index is 605. The average molecular weight is 241 g/mol. The minimum absolute atomic E-state index is 0.371. The summed E-state index contributed by atoms with van der Waals surface area (Å²) in [7, 11) is 3.05. The second-order valence-electron chi connectivity index (χ2n) is 3.43. The van der Waals surface area contributed by atoms with Gasteiger partial charge >= 0.3 is 0 Å². The molecule has 0 unspecified atom stereocenters. The van der Waals surface area contributed by atoms with Gasteiger partial charge in [0.25, 0.3) is 5.88 Å². The summed E-state index contributed by atoms with van der Waals surface area (Å²) in [4.78, 5) is 11.8. The van der Waals surface area contributed by atoms with Gasteiger partial charge in [-0.2, -0.15) is 4.98 Å². The number of methoxy groups -OCH3 is 2. The Hall–Kier alpha value is -2.61. The Morgan fingerprint density at radius 2 is 2.06 bits per heavy atom. The molecule has 0 saturated heterocycles. The highest BCUT2D eigenvalue weighted by Crippen LogP contribution is 2.27. The first kappa shape index (κ1) is 11.9. The lowest BCUT2D eigenvalue weighted by atomic mass is 10.2. The minimum Gasteiger partial charge on any atom is -0.490 e. The van der Waals surface area contributed by atoms with Gasteiger partial charge in [0.2, 0.25) is 0 Å². The largest absolute Gasteiger partial charge is 0.490 e. The monoisotopic (exact) mass is 241 g/mol. The summed E-state index contributed by atoms with van der Waals surface area (Å²) in [5, 5.41) is 0. The van der Waals surface area contributed by atoms with Crippen molar-refractivity contribution in [2.45, 2.75) is 0 Å². The molecule has 0 fully saturated rings. The standard InChI is InChI=1S/C13H11N3O2/c1-14-10-6-4-5-9(7-10)12-15-8-11(17-2)13(16-12)18-3/h4-8H,2-3H3. The molecule has 1 heterocycles. The van der Waals surface area contributed by atoms with Crippen LogP contribution in [-0.4, -0.2) is 24.2 Å². The quantitative estimate of drug-likeness (QED) is 0.775. The topological polar surface area (TPSA) is 48.6 Å². The van der Waals surface area contributed by atoms with Crippen LogP contribution in [0.2, 0.25) is 0 Å². The van der Waals surface area contributed by atoms with Crippen molar-refractivity contribution in [2.24, 2.45) is 0 Å². The molecule has 1 aromatic heterocycles. The Kier molecular flexibility index (Phi) is 3.39. The number of ether oxygens (including phenoxy) is 2. The minimum atomic E-state index is 0.371. The molecule has 0 aliphatic heterocycles. The SMILES string of the molecule is [C-]#[N+]c1cccc(-c2ncc(OC)c(OC)n2)c1. The van der Waals surface area contributed by atoms with E-state index in [1.807, 2.05) is 6.07 Å². The van der Waals surface area contributed by atoms with Gasteiger partial charge in [-0.05, 0) is 6.07 Å². The summed E-state index contributed by atoms with van der Waals surface area (Å²) >= 11 is 0. The lowest BCUT2D eigenvalue weighted by Gasteiger charge is -2.07. The molecule has 0 spiro atoms. The highest BCUT2D eigenvalue weighted by molar-refractivity contribution is 5.63. The average Bonchev–Trinajstić information content (AvgIpc) is 2.46. The van der Waals surface area contributed by atoms with Crippen molar-refractivity contribution in [3.05, 3.63) is 41.9 Å². The third-order valence-electron chi connectivity index (χ3n) is 2.37. The van der Waals surface area contributed by atoms with Gasteiger partial charge in [0.05, 0.1) is 27.0 Å². The molecule has 2 aromatic rings. The van der Waals surface area contributed by atoms with Crippen molar-refractivity contribution in [1.29, 1.82) is 0 Å². The summed E-state index contributed by atoms with van der Waals surface area (Å²) in [6.45, 7) is 6.98. The van der Waals surface area contributed by atoms with E-state index in [1.54, 1.807) is 24.4 Å². The molecule has 0 aliphatic carbocycles. The van der Waals surface area contributed by atoms with Crippen molar-refractivity contribution in [3.8, 4) is 23.0 Å². The maximum absolute atomic E-state index is 6.98. The first-order chi connectivity index (χ1) is 8.78. The van der Waals surface area contributed by atoms with Crippen molar-refractivity contribution in [1.82, 2.24) is 9.97 Å². The van der Waals surface area contributed by atoms with E-state index in [4.69, 9.17) is 16.0 Å². The highest BCUT2D eigenvalue weighted by atomic mass is 16.5. The summed E-state index contributed by atoms with van der Waals surface area (Å²) in [5.74, 6) is 1.34. The van der Waals surface area contributed by atoms with E-state index >= 15 is 0 Å². The number of hydrogen-bond donors (Lipinski definition) is 0. The fourth-order valence-electron chi connectivity index (χ4n) is 1.50. The third-order valence-corrected chi connectivity index (χ3v) is 2.37. The molecule has 18 heavy (non-hydrogen) atoms. The van der Waals surface area contributed by atoms with E-state index in [1.165, 1.54) is 14.2 Å². The van der Waals surface area contributed by atoms with Crippen LogP contribution in [0.1, 0.15) is 0 Å². The van der Waals surface area contributed by atoms with Crippen LogP contribution in [0.15, 0.2) is 30.5 Å². The normalized spacial score (nSPS) is 9.61. The van der Waals surface area contributed by atoms with Crippen LogP contribution in [-0.2, 0) is 0 Å². The Morgan fingerprint density at radius 1 is 1.22 bits per heavy atom. The van der Waals surface area contributed by atoms with Gasteiger partial charge in [-0.25, -0.2) is 9.83 Å². The summed E-state index contributed by atoms with van der Waals surface area (Å²) in [5.41, 5.74) is 1.32. The molecule has 2 rings (SSSR count). The number of rotatable bonds is 3. The number of benzene rings is 1. The zero-order valence-electron chi connectivity index (χ0n) is 10.0. The van der Waals surface area contributed by atoms with Gasteiger partial charge in [0.1, 0.15) is 0 Å². The van der Waals surface area contributed by atoms with Gasteiger partial charge in [-0.1, -0.05) is 18.2 Å². The Labute approximate surface area is 105 Å². The molecule has 0 bridgehead atoms. The predicted octanol–water partition coefficient (Wildman–Crippen LogP) is 2.71. The summed E-state index contributed by atoms with van der Waals surface area (Å²) in [6.07, 6.45) is 1.55. The number of aromatic nitrogens is 2. The van der Waals surface area contributed by atoms with Gasteiger partial charge in [-0.3, -0.25) is 0 Å². The van der Waals surface area contributed by atoms with E-state index in [-0.39, 0.29) is 0 Å². The number of nitrogens with zero attached hydrogens (tertiary/aromatic N) is 3. The molecular weight excluding hydrogens is 230 g/mol. The van der Waals surface area contributed by atoms with Crippen molar-refractivity contribution < 1.29 is 9.47 Å². The van der Waals surface area contributed by atoms with E-state index in [0.717, 1.165) is 5.56 Å². The zero-order valence-corrected chi connectivity index (χ0v) is 10.0. The molecule has 90 valence electrons. The Balaban J connectivity index is 2.48. The third kappa shape index (κ3) is 2.23. The van der Waals surface area contributed by atoms with E-state index in [2.05, 4.69) is 14.8 Å². The lowest BCUT2D eigenvalue weighted by Crippen LogP contribution is -1.97. The molecule has 0 N–H and O–H groups in total. The smallest absolute Gasteiger partial charge is 0.260 e. The van der Waals surface area contributed by atoms with Crippen LogP contribution in [0.25, 0.3) is 16.2 Å². The fourth-order valence-corrected chi connectivity index (χ4v) is 1.50. The maximum Gasteiger partial charge on any atom is 0.260 e. The van der Waals surface area contributed by atoms with Gasteiger partial charge in [0, 0.05) is 5.56 Å². The van der Waals surface area contributed by atoms with Crippen LogP contribution in [0, 0.1) is 6.57 Å². The van der Waals surface area contributed by atoms with Crippen molar-refractivity contribution >= 4 is 5.69 Å². The first-order valence-electron chi connectivity index (χ1n) is 5.21. The maximum atomic E-state index is 6.98. The van der Waals surface area contributed by atoms with Crippen LogP contribution in [0.5, 0.6) is 11.6 Å². The summed E-state index contributed by atoms with van der Waals surface area (Å²) < 4.78 is 10.2. The molecule has 5 nitrogen and oxygen atoms in total. The van der Waals surface area contributed by atoms with E-state index in [0.29, 0.717) is 23.1 Å². The molecular formula is C13H11N3O2. The van der Waals surface area contributed by atoms with Crippen LogP contribution < -0.4 is 9.47 Å². The summed E-state index contributed by atoms with van der Waals surface area (Å²) in [6, 6.07) is 7.10. The molecule has 0 amide bonds. The number of hydrogen-bond acceptors (Lipinski definition) is 4. The van der Waals surface area contributed by atoms with Crippen molar-refractivity contribution in [3.63, 3.8) is 0 Å². The molecule has 0 saturated carbocycles. The lowest BCUT2D eigenvalue weighted by molar-refractivity contribution is 0.341. The van der Waals surface area contributed by atoms with E-state index < -0.39 is 0 Å². The zero-order chi connectivity index (χ0) is 13.0. The van der Waals surface area contributed by atoms with Crippen LogP contribution in [0.4, 0.5) is 5.69 Å². The molecule has 0 aliphatic rings. The van der Waals surface area contributed by atoms with Gasteiger partial charge in [0.15, 0.2) is 17.3 Å².